The molecule has 0 aliphatic heterocycles. The fourth-order valence-corrected chi connectivity index (χ4v) is 9.74. The molecular weight excluding hydrogens is 659 g/mol. The monoisotopic (exact) mass is 695 g/mol. The Morgan fingerprint density at radius 2 is 0.925 bits per heavy atom. The van der Waals surface area contributed by atoms with Crippen molar-refractivity contribution in [3.63, 3.8) is 0 Å². The van der Waals surface area contributed by atoms with E-state index in [-0.39, 0.29) is 5.41 Å². The molecule has 9 aromatic rings. The van der Waals surface area contributed by atoms with Crippen LogP contribution in [0.5, 0.6) is 0 Å². The maximum atomic E-state index is 2.48. The SMILES string of the molecule is CC1(C)c2ccccc2-c2c(-c3ccccc3N(c3ccc(-c4ccccc4)cc3)c3ccccc3-c3cccc4sc5ccccc5c34)cccc21. The third-order valence-electron chi connectivity index (χ3n) is 11.1. The summed E-state index contributed by atoms with van der Waals surface area (Å²) in [5.41, 5.74) is 16.1. The Morgan fingerprint density at radius 3 is 1.70 bits per heavy atom. The lowest BCUT2D eigenvalue weighted by atomic mass is 9.82. The quantitative estimate of drug-likeness (QED) is 0.167. The van der Waals surface area contributed by atoms with Gasteiger partial charge >= 0.3 is 0 Å². The largest absolute Gasteiger partial charge is 0.309 e. The van der Waals surface area contributed by atoms with Crippen LogP contribution >= 0.6 is 11.3 Å². The van der Waals surface area contributed by atoms with Crippen LogP contribution in [-0.2, 0) is 5.41 Å². The van der Waals surface area contributed by atoms with Crippen molar-refractivity contribution in [2.45, 2.75) is 19.3 Å². The molecular formula is C51H37NS. The second-order valence-electron chi connectivity index (χ2n) is 14.5. The van der Waals surface area contributed by atoms with Crippen LogP contribution in [0.15, 0.2) is 188 Å². The zero-order valence-electron chi connectivity index (χ0n) is 29.8. The maximum absolute atomic E-state index is 2.48. The minimum absolute atomic E-state index is 0.0849. The first-order valence-corrected chi connectivity index (χ1v) is 19.2. The van der Waals surface area contributed by atoms with Crippen molar-refractivity contribution in [3.8, 4) is 44.5 Å². The van der Waals surface area contributed by atoms with Gasteiger partial charge in [0, 0.05) is 42.4 Å². The number of anilines is 3. The van der Waals surface area contributed by atoms with Crippen molar-refractivity contribution in [2.75, 3.05) is 4.90 Å². The molecule has 0 unspecified atom stereocenters. The molecule has 8 aromatic carbocycles. The van der Waals surface area contributed by atoms with E-state index in [2.05, 4.69) is 207 Å². The van der Waals surface area contributed by atoms with Gasteiger partial charge in [0.05, 0.1) is 11.4 Å². The number of thiophene rings is 1. The van der Waals surface area contributed by atoms with Gasteiger partial charge in [-0.2, -0.15) is 0 Å². The fraction of sp³-hybridized carbons (Fsp3) is 0.0588. The highest BCUT2D eigenvalue weighted by atomic mass is 32.1. The van der Waals surface area contributed by atoms with E-state index in [1.165, 1.54) is 75.8 Å². The number of hydrogen-bond donors (Lipinski definition) is 0. The first-order chi connectivity index (χ1) is 26.1. The lowest BCUT2D eigenvalue weighted by Gasteiger charge is -2.30. The summed E-state index contributed by atoms with van der Waals surface area (Å²) in [6.45, 7) is 4.72. The van der Waals surface area contributed by atoms with Crippen LogP contribution in [0, 0.1) is 0 Å². The van der Waals surface area contributed by atoms with Crippen molar-refractivity contribution < 1.29 is 0 Å². The normalized spacial score (nSPS) is 12.9. The summed E-state index contributed by atoms with van der Waals surface area (Å²) in [7, 11) is 0. The van der Waals surface area contributed by atoms with E-state index in [0.717, 1.165) is 17.1 Å². The summed E-state index contributed by atoms with van der Waals surface area (Å²) in [5.74, 6) is 0. The molecule has 0 radical (unpaired) electrons. The van der Waals surface area contributed by atoms with Crippen molar-refractivity contribution in [2.24, 2.45) is 0 Å². The summed E-state index contributed by atoms with van der Waals surface area (Å²) in [4.78, 5) is 2.48. The van der Waals surface area contributed by atoms with Gasteiger partial charge in [-0.1, -0.05) is 166 Å². The minimum Gasteiger partial charge on any atom is -0.309 e. The Kier molecular flexibility index (Phi) is 7.42. The van der Waals surface area contributed by atoms with Crippen LogP contribution in [0.4, 0.5) is 17.1 Å². The third kappa shape index (κ3) is 5.05. The van der Waals surface area contributed by atoms with E-state index in [1.807, 2.05) is 11.3 Å². The number of para-hydroxylation sites is 2. The molecule has 1 aliphatic rings. The molecule has 0 saturated carbocycles. The Balaban J connectivity index is 1.23. The van der Waals surface area contributed by atoms with E-state index in [9.17, 15) is 0 Å². The molecule has 10 rings (SSSR count). The molecule has 1 aromatic heterocycles. The smallest absolute Gasteiger partial charge is 0.0540 e. The van der Waals surface area contributed by atoms with Crippen molar-refractivity contribution in [3.05, 3.63) is 199 Å². The molecule has 53 heavy (non-hydrogen) atoms. The second kappa shape index (κ2) is 12.5. The molecule has 0 spiro atoms. The molecule has 1 nitrogen and oxygen atoms in total. The maximum Gasteiger partial charge on any atom is 0.0540 e. The zero-order chi connectivity index (χ0) is 35.5. The zero-order valence-corrected chi connectivity index (χ0v) is 30.6. The van der Waals surface area contributed by atoms with Crippen LogP contribution in [0.1, 0.15) is 25.0 Å². The highest BCUT2D eigenvalue weighted by molar-refractivity contribution is 7.25. The third-order valence-corrected chi connectivity index (χ3v) is 12.2. The standard InChI is InChI=1S/C51H37NS/c1-51(2)43-24-10-6-20-41(43)49-39(22-14-25-44(49)51)37-18-7-11-26-45(37)52(36-32-30-35(31-33-36)34-16-4-3-5-17-34)46-27-12-8-19-38(46)40-23-15-29-48-50(40)42-21-9-13-28-47(42)53-48/h3-33H,1-2H3. The van der Waals surface area contributed by atoms with Crippen LogP contribution in [-0.4, -0.2) is 0 Å². The van der Waals surface area contributed by atoms with Crippen LogP contribution in [0.3, 0.4) is 0 Å². The van der Waals surface area contributed by atoms with Gasteiger partial charge in [0.25, 0.3) is 0 Å². The first-order valence-electron chi connectivity index (χ1n) is 18.4. The van der Waals surface area contributed by atoms with Gasteiger partial charge in [0.2, 0.25) is 0 Å². The average molecular weight is 696 g/mol. The van der Waals surface area contributed by atoms with Gasteiger partial charge in [-0.05, 0) is 80.9 Å². The molecule has 0 N–H and O–H groups in total. The molecule has 1 heterocycles. The highest BCUT2D eigenvalue weighted by Crippen LogP contribution is 2.54. The molecule has 2 heteroatoms. The highest BCUT2D eigenvalue weighted by Gasteiger charge is 2.37. The molecule has 0 bridgehead atoms. The summed E-state index contributed by atoms with van der Waals surface area (Å²) >= 11 is 1.87. The fourth-order valence-electron chi connectivity index (χ4n) is 8.61. The van der Waals surface area contributed by atoms with Crippen LogP contribution in [0.25, 0.3) is 64.7 Å². The van der Waals surface area contributed by atoms with Crippen LogP contribution in [0.2, 0.25) is 0 Å². The van der Waals surface area contributed by atoms with Gasteiger partial charge in [0.1, 0.15) is 0 Å². The summed E-state index contributed by atoms with van der Waals surface area (Å²) in [5, 5.41) is 2.62. The first kappa shape index (κ1) is 31.5. The number of fused-ring (bicyclic) bond motifs is 6. The number of benzene rings is 8. The van der Waals surface area contributed by atoms with E-state index in [0.29, 0.717) is 0 Å². The van der Waals surface area contributed by atoms with E-state index < -0.39 is 0 Å². The molecule has 0 fully saturated rings. The number of rotatable bonds is 6. The molecule has 0 atom stereocenters. The van der Waals surface area contributed by atoms with Gasteiger partial charge < -0.3 is 4.90 Å². The minimum atomic E-state index is -0.0849. The van der Waals surface area contributed by atoms with Crippen molar-refractivity contribution >= 4 is 48.6 Å². The van der Waals surface area contributed by atoms with Gasteiger partial charge in [-0.3, -0.25) is 0 Å². The number of hydrogen-bond acceptors (Lipinski definition) is 2. The lowest BCUT2D eigenvalue weighted by Crippen LogP contribution is -2.15. The molecule has 0 amide bonds. The average Bonchev–Trinajstić information content (AvgIpc) is 3.71. The van der Waals surface area contributed by atoms with Crippen molar-refractivity contribution in [1.82, 2.24) is 0 Å². The Bertz CT molecular complexity index is 2810. The Hall–Kier alpha value is -6.22. The summed E-state index contributed by atoms with van der Waals surface area (Å²) < 4.78 is 2.62. The topological polar surface area (TPSA) is 3.24 Å². The molecule has 252 valence electrons. The Labute approximate surface area is 315 Å². The molecule has 1 aliphatic carbocycles. The van der Waals surface area contributed by atoms with Gasteiger partial charge in [0.15, 0.2) is 0 Å². The molecule has 0 saturated heterocycles. The van der Waals surface area contributed by atoms with E-state index >= 15 is 0 Å². The Morgan fingerprint density at radius 1 is 0.396 bits per heavy atom. The van der Waals surface area contributed by atoms with Gasteiger partial charge in [-0.25, -0.2) is 0 Å². The number of nitrogens with zero attached hydrogens (tertiary/aromatic N) is 1. The van der Waals surface area contributed by atoms with Crippen molar-refractivity contribution in [1.29, 1.82) is 0 Å². The van der Waals surface area contributed by atoms with Crippen LogP contribution < -0.4 is 4.90 Å². The summed E-state index contributed by atoms with van der Waals surface area (Å²) in [6, 6.07) is 69.1. The van der Waals surface area contributed by atoms with Gasteiger partial charge in [-0.15, -0.1) is 11.3 Å². The second-order valence-corrected chi connectivity index (χ2v) is 15.5. The van der Waals surface area contributed by atoms with E-state index in [4.69, 9.17) is 0 Å². The predicted octanol–water partition coefficient (Wildman–Crippen LogP) is 14.8. The lowest BCUT2D eigenvalue weighted by molar-refractivity contribution is 0.660. The summed E-state index contributed by atoms with van der Waals surface area (Å²) in [6.07, 6.45) is 0. The van der Waals surface area contributed by atoms with E-state index in [1.54, 1.807) is 0 Å². The predicted molar refractivity (Wildman–Crippen MR) is 228 cm³/mol.